The molecule has 82 valence electrons. The summed E-state index contributed by atoms with van der Waals surface area (Å²) in [6.45, 7) is 12.2. The van der Waals surface area contributed by atoms with E-state index in [9.17, 15) is 0 Å². The van der Waals surface area contributed by atoms with Gasteiger partial charge in [-0.15, -0.1) is 0 Å². The van der Waals surface area contributed by atoms with Gasteiger partial charge in [-0.2, -0.15) is 0 Å². The van der Waals surface area contributed by atoms with Crippen molar-refractivity contribution in [2.24, 2.45) is 0 Å². The summed E-state index contributed by atoms with van der Waals surface area (Å²) < 4.78 is 11.4. The first-order valence-electron chi connectivity index (χ1n) is 5.42. The minimum atomic E-state index is -0.237. The van der Waals surface area contributed by atoms with Crippen LogP contribution in [0, 0.1) is 0 Å². The molecule has 0 bridgehead atoms. The fourth-order valence-electron chi connectivity index (χ4n) is 2.23. The van der Waals surface area contributed by atoms with Gasteiger partial charge in [0.1, 0.15) is 5.60 Å². The van der Waals surface area contributed by atoms with Crippen molar-refractivity contribution in [1.29, 1.82) is 0 Å². The van der Waals surface area contributed by atoms with E-state index in [1.54, 1.807) is 0 Å². The van der Waals surface area contributed by atoms with E-state index in [2.05, 4.69) is 19.2 Å². The summed E-state index contributed by atoms with van der Waals surface area (Å²) in [5.41, 5.74) is 3.07. The van der Waals surface area contributed by atoms with Crippen LogP contribution in [0.15, 0.2) is 36.0 Å². The van der Waals surface area contributed by atoms with Crippen molar-refractivity contribution in [1.82, 2.24) is 0 Å². The molecule has 1 atom stereocenters. The first-order valence-corrected chi connectivity index (χ1v) is 5.42. The van der Waals surface area contributed by atoms with Gasteiger partial charge >= 0.3 is 0 Å². The Bertz CT molecular complexity index is 319. The maximum Gasteiger partial charge on any atom is 0.117 e. The molecule has 0 saturated carbocycles. The molecule has 0 aromatic rings. The molecule has 0 aliphatic carbocycles. The maximum absolute atomic E-state index is 5.87. The Balaban J connectivity index is 2.19. The molecule has 0 aromatic heterocycles. The first-order chi connectivity index (χ1) is 7.14. The van der Waals surface area contributed by atoms with Crippen molar-refractivity contribution in [3.05, 3.63) is 36.0 Å². The van der Waals surface area contributed by atoms with Crippen molar-refractivity contribution in [3.8, 4) is 0 Å². The van der Waals surface area contributed by atoms with Crippen LogP contribution in [0.3, 0.4) is 0 Å². The van der Waals surface area contributed by atoms with Crippen LogP contribution < -0.4 is 0 Å². The molecule has 0 N–H and O–H groups in total. The summed E-state index contributed by atoms with van der Waals surface area (Å²) in [4.78, 5) is 0. The van der Waals surface area contributed by atoms with Crippen LogP contribution >= 0.6 is 0 Å². The molecule has 2 heteroatoms. The van der Waals surface area contributed by atoms with Crippen molar-refractivity contribution in [2.45, 2.75) is 25.4 Å². The average molecular weight is 206 g/mol. The highest BCUT2D eigenvalue weighted by molar-refractivity contribution is 5.44. The van der Waals surface area contributed by atoms with E-state index in [1.165, 1.54) is 5.57 Å². The zero-order valence-corrected chi connectivity index (χ0v) is 9.34. The van der Waals surface area contributed by atoms with Crippen LogP contribution in [-0.2, 0) is 9.47 Å². The monoisotopic (exact) mass is 206 g/mol. The molecule has 0 amide bonds. The van der Waals surface area contributed by atoms with E-state index in [1.807, 2.05) is 6.92 Å². The van der Waals surface area contributed by atoms with Gasteiger partial charge in [0, 0.05) is 6.61 Å². The Morgan fingerprint density at radius 3 is 2.93 bits per heavy atom. The molecule has 2 saturated heterocycles. The molecule has 1 unspecified atom stereocenters. The summed E-state index contributed by atoms with van der Waals surface area (Å²) in [5, 5.41) is 0. The largest absolute Gasteiger partial charge is 0.378 e. The van der Waals surface area contributed by atoms with Crippen LogP contribution in [0.1, 0.15) is 19.8 Å². The Labute approximate surface area is 91.3 Å². The quantitative estimate of drug-likeness (QED) is 0.656. The van der Waals surface area contributed by atoms with Gasteiger partial charge in [-0.25, -0.2) is 0 Å². The van der Waals surface area contributed by atoms with Crippen LogP contribution in [0.2, 0.25) is 0 Å². The zero-order valence-electron chi connectivity index (χ0n) is 9.34. The van der Waals surface area contributed by atoms with Crippen molar-refractivity contribution >= 4 is 0 Å². The second-order valence-corrected chi connectivity index (χ2v) is 4.43. The lowest BCUT2D eigenvalue weighted by molar-refractivity contribution is -0.0801. The lowest BCUT2D eigenvalue weighted by Gasteiger charge is -2.33. The molecule has 2 heterocycles. The van der Waals surface area contributed by atoms with E-state index in [0.29, 0.717) is 13.2 Å². The molecule has 15 heavy (non-hydrogen) atoms. The van der Waals surface area contributed by atoms with Crippen LogP contribution in [0.4, 0.5) is 0 Å². The topological polar surface area (TPSA) is 18.5 Å². The minimum Gasteiger partial charge on any atom is -0.378 e. The predicted molar refractivity (Wildman–Crippen MR) is 60.8 cm³/mol. The van der Waals surface area contributed by atoms with Crippen LogP contribution in [0.25, 0.3) is 0 Å². The summed E-state index contributed by atoms with van der Waals surface area (Å²) in [6, 6.07) is 0. The molecular formula is C13H18O2. The van der Waals surface area contributed by atoms with E-state index in [0.717, 1.165) is 30.6 Å². The average Bonchev–Trinajstić information content (AvgIpc) is 2.48. The standard InChI is InChI=1S/C13H18O2/c1-10(2)7-12-8-15-13(11(12)3)5-4-6-14-9-13/h7H,1,3-6,8-9H2,2H3/b12-7-. The zero-order chi connectivity index (χ0) is 10.9. The lowest BCUT2D eigenvalue weighted by atomic mass is 9.87. The third-order valence-electron chi connectivity index (χ3n) is 3.07. The third-order valence-corrected chi connectivity index (χ3v) is 3.07. The highest BCUT2D eigenvalue weighted by atomic mass is 16.5. The summed E-state index contributed by atoms with van der Waals surface area (Å²) in [7, 11) is 0. The normalized spacial score (nSPS) is 33.9. The van der Waals surface area contributed by atoms with Gasteiger partial charge in [0.05, 0.1) is 13.2 Å². The van der Waals surface area contributed by atoms with E-state index < -0.39 is 0 Å². The van der Waals surface area contributed by atoms with Gasteiger partial charge < -0.3 is 9.47 Å². The first kappa shape index (κ1) is 10.7. The number of allylic oxidation sites excluding steroid dienone is 2. The van der Waals surface area contributed by atoms with Gasteiger partial charge in [-0.05, 0) is 30.9 Å². The van der Waals surface area contributed by atoms with E-state index >= 15 is 0 Å². The summed E-state index contributed by atoms with van der Waals surface area (Å²) >= 11 is 0. The lowest BCUT2D eigenvalue weighted by Crippen LogP contribution is -2.39. The molecule has 2 nitrogen and oxygen atoms in total. The molecule has 2 rings (SSSR count). The Morgan fingerprint density at radius 2 is 2.33 bits per heavy atom. The van der Waals surface area contributed by atoms with Crippen molar-refractivity contribution in [2.75, 3.05) is 19.8 Å². The Kier molecular flexibility index (Phi) is 2.81. The number of ether oxygens (including phenoxy) is 2. The van der Waals surface area contributed by atoms with Crippen molar-refractivity contribution < 1.29 is 9.47 Å². The highest BCUT2D eigenvalue weighted by Crippen LogP contribution is 2.40. The second kappa shape index (κ2) is 3.95. The summed E-state index contributed by atoms with van der Waals surface area (Å²) in [6.07, 6.45) is 4.14. The molecule has 2 fully saturated rings. The number of hydrogen-bond donors (Lipinski definition) is 0. The molecule has 0 radical (unpaired) electrons. The number of hydrogen-bond acceptors (Lipinski definition) is 2. The van der Waals surface area contributed by atoms with Gasteiger partial charge in [0.15, 0.2) is 0 Å². The molecular weight excluding hydrogens is 188 g/mol. The van der Waals surface area contributed by atoms with Crippen LogP contribution in [0.5, 0.6) is 0 Å². The Hall–Kier alpha value is -0.860. The molecule has 0 aromatic carbocycles. The SMILES string of the molecule is C=C(C)/C=C1/COC2(CCCOC2)C1=C. The predicted octanol–water partition coefficient (Wildman–Crippen LogP) is 2.62. The second-order valence-electron chi connectivity index (χ2n) is 4.43. The highest BCUT2D eigenvalue weighted by Gasteiger charge is 2.42. The molecule has 2 aliphatic rings. The van der Waals surface area contributed by atoms with Gasteiger partial charge in [-0.1, -0.05) is 24.8 Å². The molecule has 1 spiro atoms. The van der Waals surface area contributed by atoms with E-state index in [-0.39, 0.29) is 5.60 Å². The summed E-state index contributed by atoms with van der Waals surface area (Å²) in [5.74, 6) is 0. The molecule has 2 aliphatic heterocycles. The maximum atomic E-state index is 5.87. The van der Waals surface area contributed by atoms with E-state index in [4.69, 9.17) is 9.47 Å². The van der Waals surface area contributed by atoms with Crippen LogP contribution in [-0.4, -0.2) is 25.4 Å². The Morgan fingerprint density at radius 1 is 1.53 bits per heavy atom. The smallest absolute Gasteiger partial charge is 0.117 e. The number of rotatable bonds is 1. The fraction of sp³-hybridized carbons (Fsp3) is 0.538. The van der Waals surface area contributed by atoms with Gasteiger partial charge in [0.2, 0.25) is 0 Å². The van der Waals surface area contributed by atoms with Gasteiger partial charge in [0.25, 0.3) is 0 Å². The fourth-order valence-corrected chi connectivity index (χ4v) is 2.23. The van der Waals surface area contributed by atoms with Gasteiger partial charge in [-0.3, -0.25) is 0 Å². The minimum absolute atomic E-state index is 0.237. The third kappa shape index (κ3) is 1.92. The van der Waals surface area contributed by atoms with Crippen molar-refractivity contribution in [3.63, 3.8) is 0 Å².